The highest BCUT2D eigenvalue weighted by molar-refractivity contribution is 7.15. The van der Waals surface area contributed by atoms with E-state index in [9.17, 15) is 9.59 Å². The first-order chi connectivity index (χ1) is 15.1. The Hall–Kier alpha value is -3.58. The third-order valence-electron chi connectivity index (χ3n) is 5.20. The summed E-state index contributed by atoms with van der Waals surface area (Å²) in [4.78, 5) is 28.6. The summed E-state index contributed by atoms with van der Waals surface area (Å²) < 4.78 is 10.0. The van der Waals surface area contributed by atoms with Gasteiger partial charge in [0, 0.05) is 29.6 Å². The van der Waals surface area contributed by atoms with Crippen LogP contribution in [-0.2, 0) is 4.74 Å². The van der Waals surface area contributed by atoms with Crippen LogP contribution < -0.4 is 10.1 Å². The zero-order valence-electron chi connectivity index (χ0n) is 17.2. The topological polar surface area (TPSA) is 80.4 Å². The SMILES string of the molecule is COC(=O)c1ccc(C(=O)NCC(c2ccc(OC)cc2)c2c[nH]c3ccccc23)s1. The molecule has 0 fully saturated rings. The van der Waals surface area contributed by atoms with Crippen LogP contribution in [-0.4, -0.2) is 37.6 Å². The van der Waals surface area contributed by atoms with Crippen LogP contribution in [0.1, 0.15) is 36.4 Å². The van der Waals surface area contributed by atoms with Gasteiger partial charge >= 0.3 is 5.97 Å². The largest absolute Gasteiger partial charge is 0.497 e. The van der Waals surface area contributed by atoms with Crippen LogP contribution in [0.25, 0.3) is 10.9 Å². The monoisotopic (exact) mass is 434 g/mol. The maximum absolute atomic E-state index is 12.8. The number of methoxy groups -OCH3 is 2. The third kappa shape index (κ3) is 4.32. The number of benzene rings is 2. The van der Waals surface area contributed by atoms with Gasteiger partial charge in [-0.3, -0.25) is 4.79 Å². The van der Waals surface area contributed by atoms with Gasteiger partial charge < -0.3 is 19.8 Å². The number of hydrogen-bond acceptors (Lipinski definition) is 5. The molecule has 158 valence electrons. The second-order valence-electron chi connectivity index (χ2n) is 6.98. The van der Waals surface area contributed by atoms with Crippen LogP contribution in [0.2, 0.25) is 0 Å². The first-order valence-corrected chi connectivity index (χ1v) is 10.6. The number of para-hydroxylation sites is 1. The number of hydrogen-bond donors (Lipinski definition) is 2. The summed E-state index contributed by atoms with van der Waals surface area (Å²) in [6.07, 6.45) is 1.99. The van der Waals surface area contributed by atoms with E-state index in [4.69, 9.17) is 9.47 Å². The van der Waals surface area contributed by atoms with Crippen LogP contribution in [0.3, 0.4) is 0 Å². The number of thiophene rings is 1. The van der Waals surface area contributed by atoms with Crippen LogP contribution >= 0.6 is 11.3 Å². The minimum absolute atomic E-state index is 0.0638. The van der Waals surface area contributed by atoms with Crippen LogP contribution in [0.15, 0.2) is 66.9 Å². The molecule has 31 heavy (non-hydrogen) atoms. The van der Waals surface area contributed by atoms with Crippen molar-refractivity contribution in [3.05, 3.63) is 87.7 Å². The smallest absolute Gasteiger partial charge is 0.348 e. The fourth-order valence-corrected chi connectivity index (χ4v) is 4.42. The Bertz CT molecular complexity index is 1210. The van der Waals surface area contributed by atoms with E-state index in [0.717, 1.165) is 39.1 Å². The molecule has 1 amide bonds. The highest BCUT2D eigenvalue weighted by Gasteiger charge is 2.21. The number of aromatic nitrogens is 1. The summed E-state index contributed by atoms with van der Waals surface area (Å²) in [6, 6.07) is 19.2. The number of esters is 1. The summed E-state index contributed by atoms with van der Waals surface area (Å²) in [6.45, 7) is 0.401. The maximum Gasteiger partial charge on any atom is 0.348 e. The Morgan fingerprint density at radius 1 is 1.00 bits per heavy atom. The molecule has 1 atom stereocenters. The molecule has 2 N–H and O–H groups in total. The molecule has 0 aliphatic rings. The Kier molecular flexibility index (Phi) is 6.04. The van der Waals surface area contributed by atoms with E-state index in [2.05, 4.69) is 16.4 Å². The van der Waals surface area contributed by atoms with Crippen molar-refractivity contribution in [1.82, 2.24) is 10.3 Å². The molecule has 0 aliphatic carbocycles. The van der Waals surface area contributed by atoms with E-state index < -0.39 is 5.97 Å². The van der Waals surface area contributed by atoms with Crippen molar-refractivity contribution in [2.24, 2.45) is 0 Å². The second-order valence-corrected chi connectivity index (χ2v) is 8.06. The van der Waals surface area contributed by atoms with Gasteiger partial charge in [-0.1, -0.05) is 30.3 Å². The predicted molar refractivity (Wildman–Crippen MR) is 121 cm³/mol. The van der Waals surface area contributed by atoms with E-state index in [1.54, 1.807) is 19.2 Å². The molecule has 4 rings (SSSR count). The average Bonchev–Trinajstić information content (AvgIpc) is 3.47. The fourth-order valence-electron chi connectivity index (χ4n) is 3.58. The summed E-state index contributed by atoms with van der Waals surface area (Å²) in [7, 11) is 2.96. The van der Waals surface area contributed by atoms with Crippen LogP contribution in [0.5, 0.6) is 5.75 Å². The minimum Gasteiger partial charge on any atom is -0.497 e. The van der Waals surface area contributed by atoms with Gasteiger partial charge in [0.1, 0.15) is 10.6 Å². The van der Waals surface area contributed by atoms with Crippen molar-refractivity contribution < 1.29 is 19.1 Å². The third-order valence-corrected chi connectivity index (χ3v) is 6.26. The number of aromatic amines is 1. The first-order valence-electron chi connectivity index (χ1n) is 9.77. The molecule has 2 heterocycles. The molecule has 2 aromatic carbocycles. The van der Waals surface area contributed by atoms with Gasteiger partial charge in [-0.2, -0.15) is 0 Å². The Morgan fingerprint density at radius 2 is 1.74 bits per heavy atom. The van der Waals surface area contributed by atoms with Crippen molar-refractivity contribution in [3.63, 3.8) is 0 Å². The highest BCUT2D eigenvalue weighted by Crippen LogP contribution is 2.31. The molecule has 0 saturated heterocycles. The van der Waals surface area contributed by atoms with Gasteiger partial charge in [0.25, 0.3) is 5.91 Å². The van der Waals surface area contributed by atoms with Crippen molar-refractivity contribution in [1.29, 1.82) is 0 Å². The van der Waals surface area contributed by atoms with E-state index in [-0.39, 0.29) is 11.8 Å². The van der Waals surface area contributed by atoms with E-state index in [1.807, 2.05) is 48.7 Å². The van der Waals surface area contributed by atoms with Gasteiger partial charge in [0.05, 0.1) is 19.1 Å². The molecule has 4 aromatic rings. The molecule has 0 spiro atoms. The summed E-state index contributed by atoms with van der Waals surface area (Å²) in [5, 5.41) is 4.14. The zero-order chi connectivity index (χ0) is 21.8. The lowest BCUT2D eigenvalue weighted by atomic mass is 9.90. The fraction of sp³-hybridized carbons (Fsp3) is 0.167. The van der Waals surface area contributed by atoms with Crippen molar-refractivity contribution in [3.8, 4) is 5.75 Å². The highest BCUT2D eigenvalue weighted by atomic mass is 32.1. The van der Waals surface area contributed by atoms with Crippen LogP contribution in [0.4, 0.5) is 0 Å². The number of nitrogens with one attached hydrogen (secondary N) is 2. The van der Waals surface area contributed by atoms with Gasteiger partial charge in [-0.05, 0) is 41.5 Å². The van der Waals surface area contributed by atoms with E-state index in [0.29, 0.717) is 16.3 Å². The van der Waals surface area contributed by atoms with Crippen molar-refractivity contribution in [2.75, 3.05) is 20.8 Å². The first kappa shape index (κ1) is 20.7. The minimum atomic E-state index is -0.445. The lowest BCUT2D eigenvalue weighted by Gasteiger charge is -2.18. The quantitative estimate of drug-likeness (QED) is 0.417. The van der Waals surface area contributed by atoms with E-state index in [1.165, 1.54) is 7.11 Å². The molecule has 1 unspecified atom stereocenters. The molecule has 0 saturated carbocycles. The number of carbonyl (C=O) groups excluding carboxylic acids is 2. The lowest BCUT2D eigenvalue weighted by molar-refractivity contribution is 0.0606. The van der Waals surface area contributed by atoms with E-state index >= 15 is 0 Å². The van der Waals surface area contributed by atoms with Crippen LogP contribution in [0, 0.1) is 0 Å². The number of fused-ring (bicyclic) bond motifs is 1. The molecule has 0 bridgehead atoms. The van der Waals surface area contributed by atoms with Gasteiger partial charge in [0.2, 0.25) is 0 Å². The van der Waals surface area contributed by atoms with Gasteiger partial charge in [0.15, 0.2) is 0 Å². The lowest BCUT2D eigenvalue weighted by Crippen LogP contribution is -2.28. The Morgan fingerprint density at radius 3 is 2.48 bits per heavy atom. The average molecular weight is 435 g/mol. The molecule has 7 heteroatoms. The van der Waals surface area contributed by atoms with Crippen molar-refractivity contribution in [2.45, 2.75) is 5.92 Å². The number of rotatable bonds is 7. The molecule has 0 radical (unpaired) electrons. The van der Waals surface area contributed by atoms with Gasteiger partial charge in [-0.25, -0.2) is 4.79 Å². The summed E-state index contributed by atoms with van der Waals surface area (Å²) >= 11 is 1.12. The number of ether oxygens (including phenoxy) is 2. The summed E-state index contributed by atoms with van der Waals surface area (Å²) in [5.41, 5.74) is 3.21. The molecular weight excluding hydrogens is 412 g/mol. The Balaban J connectivity index is 1.61. The molecule has 0 aliphatic heterocycles. The Labute approximate surface area is 183 Å². The molecule has 6 nitrogen and oxygen atoms in total. The number of amides is 1. The predicted octanol–water partition coefficient (Wildman–Crippen LogP) is 4.59. The summed E-state index contributed by atoms with van der Waals surface area (Å²) in [5.74, 6) is 0.0443. The van der Waals surface area contributed by atoms with Gasteiger partial charge in [-0.15, -0.1) is 11.3 Å². The number of H-pyrrole nitrogens is 1. The molecule has 2 aromatic heterocycles. The number of carbonyl (C=O) groups is 2. The standard InChI is InChI=1S/C24H22N2O4S/c1-29-16-9-7-15(8-10-16)18(19-14-25-20-6-4-3-5-17(19)20)13-26-23(27)21-11-12-22(31-21)24(28)30-2/h3-12,14,18,25H,13H2,1-2H3,(H,26,27). The molecular formula is C24H22N2O4S. The van der Waals surface area contributed by atoms with Crippen molar-refractivity contribution >= 4 is 34.1 Å². The normalized spacial score (nSPS) is 11.8. The maximum atomic E-state index is 12.8. The zero-order valence-corrected chi connectivity index (χ0v) is 18.0. The second kappa shape index (κ2) is 9.06.